The number of carbonyl (C=O) groups is 1. The van der Waals surface area contributed by atoms with Crippen molar-refractivity contribution in [3.05, 3.63) is 114 Å². The third-order valence-electron chi connectivity index (χ3n) is 5.77. The number of hydrogen-bond donors (Lipinski definition) is 0. The van der Waals surface area contributed by atoms with Gasteiger partial charge in [0.15, 0.2) is 5.82 Å². The van der Waals surface area contributed by atoms with Gasteiger partial charge in [0, 0.05) is 35.7 Å². The van der Waals surface area contributed by atoms with E-state index in [1.807, 2.05) is 36.7 Å². The van der Waals surface area contributed by atoms with Gasteiger partial charge in [0.05, 0.1) is 5.56 Å². The van der Waals surface area contributed by atoms with Gasteiger partial charge in [-0.15, -0.1) is 0 Å². The molecule has 0 spiro atoms. The molecule has 0 aliphatic rings. The highest BCUT2D eigenvalue weighted by Crippen LogP contribution is 2.25. The van der Waals surface area contributed by atoms with E-state index in [0.717, 1.165) is 53.3 Å². The zero-order valence-corrected chi connectivity index (χ0v) is 20.5. The molecule has 8 heteroatoms. The van der Waals surface area contributed by atoms with Crippen molar-refractivity contribution in [2.75, 3.05) is 0 Å². The summed E-state index contributed by atoms with van der Waals surface area (Å²) in [5, 5.41) is 0. The van der Waals surface area contributed by atoms with Crippen molar-refractivity contribution in [3.63, 3.8) is 0 Å². The second-order valence-corrected chi connectivity index (χ2v) is 8.54. The van der Waals surface area contributed by atoms with E-state index in [1.165, 1.54) is 0 Å². The van der Waals surface area contributed by atoms with Crippen molar-refractivity contribution in [2.45, 2.75) is 32.6 Å². The van der Waals surface area contributed by atoms with Crippen molar-refractivity contribution < 1.29 is 27.1 Å². The normalized spacial score (nSPS) is 11.3. The van der Waals surface area contributed by atoms with Crippen LogP contribution < -0.4 is 4.74 Å². The van der Waals surface area contributed by atoms with Crippen LogP contribution in [0.25, 0.3) is 22.5 Å². The lowest BCUT2D eigenvalue weighted by molar-refractivity contribution is 0.0734. The summed E-state index contributed by atoms with van der Waals surface area (Å²) in [6.07, 6.45) is 4.10. The first-order valence-electron chi connectivity index (χ1n) is 12.0. The zero-order chi connectivity index (χ0) is 27.1. The van der Waals surface area contributed by atoms with Crippen LogP contribution in [0.1, 0.15) is 34.8 Å². The Labute approximate surface area is 217 Å². The SMILES string of the molecule is CCCc1cnc(-c2ccc(-c3ccc(C(=O)Oc4cc(F)c(C/C=C/C(F)F)c(F)c4)cc3)cc2)nc1. The summed E-state index contributed by atoms with van der Waals surface area (Å²) < 4.78 is 58.0. The number of carbonyl (C=O) groups excluding carboxylic acids is 1. The molecule has 0 bridgehead atoms. The molecule has 38 heavy (non-hydrogen) atoms. The average molecular weight is 521 g/mol. The van der Waals surface area contributed by atoms with Crippen LogP contribution in [0.2, 0.25) is 0 Å². The van der Waals surface area contributed by atoms with Crippen LogP contribution in [0.4, 0.5) is 17.6 Å². The number of nitrogens with zero attached hydrogens (tertiary/aromatic N) is 2. The van der Waals surface area contributed by atoms with Crippen molar-refractivity contribution in [3.8, 4) is 28.3 Å². The maximum Gasteiger partial charge on any atom is 0.343 e. The van der Waals surface area contributed by atoms with Crippen LogP contribution in [-0.2, 0) is 12.8 Å². The number of allylic oxidation sites excluding steroid dienone is 2. The largest absolute Gasteiger partial charge is 0.423 e. The van der Waals surface area contributed by atoms with E-state index in [4.69, 9.17) is 4.74 Å². The molecule has 0 aliphatic carbocycles. The molecule has 194 valence electrons. The number of alkyl halides is 2. The average Bonchev–Trinajstić information content (AvgIpc) is 2.91. The molecule has 4 rings (SSSR count). The number of halogens is 4. The molecule has 0 saturated carbocycles. The highest BCUT2D eigenvalue weighted by molar-refractivity contribution is 5.91. The van der Waals surface area contributed by atoms with Gasteiger partial charge in [-0.25, -0.2) is 32.3 Å². The summed E-state index contributed by atoms with van der Waals surface area (Å²) in [5.74, 6) is -2.46. The number of rotatable bonds is 9. The molecule has 4 aromatic rings. The van der Waals surface area contributed by atoms with Crippen molar-refractivity contribution in [2.24, 2.45) is 0 Å². The minimum Gasteiger partial charge on any atom is -0.423 e. The Balaban J connectivity index is 1.42. The molecule has 1 aromatic heterocycles. The van der Waals surface area contributed by atoms with Gasteiger partial charge in [-0.2, -0.15) is 0 Å². The second kappa shape index (κ2) is 12.3. The van der Waals surface area contributed by atoms with Gasteiger partial charge in [-0.3, -0.25) is 0 Å². The summed E-state index contributed by atoms with van der Waals surface area (Å²) >= 11 is 0. The molecular formula is C30H24F4N2O2. The van der Waals surface area contributed by atoms with Crippen LogP contribution in [0.3, 0.4) is 0 Å². The van der Waals surface area contributed by atoms with Crippen LogP contribution in [0.15, 0.2) is 85.2 Å². The van der Waals surface area contributed by atoms with Crippen molar-refractivity contribution in [1.29, 1.82) is 0 Å². The van der Waals surface area contributed by atoms with E-state index in [0.29, 0.717) is 11.9 Å². The Kier molecular flexibility index (Phi) is 8.63. The van der Waals surface area contributed by atoms with E-state index in [9.17, 15) is 22.4 Å². The summed E-state index contributed by atoms with van der Waals surface area (Å²) in [4.78, 5) is 21.4. The van der Waals surface area contributed by atoms with Gasteiger partial charge in [-0.1, -0.05) is 55.8 Å². The molecule has 0 amide bonds. The highest BCUT2D eigenvalue weighted by atomic mass is 19.3. The predicted molar refractivity (Wildman–Crippen MR) is 137 cm³/mol. The molecule has 0 fully saturated rings. The molecule has 0 atom stereocenters. The van der Waals surface area contributed by atoms with Gasteiger partial charge < -0.3 is 4.74 Å². The molecule has 3 aromatic carbocycles. The van der Waals surface area contributed by atoms with Crippen LogP contribution in [-0.4, -0.2) is 22.4 Å². The molecule has 0 radical (unpaired) electrons. The molecule has 4 nitrogen and oxygen atoms in total. The molecule has 0 saturated heterocycles. The summed E-state index contributed by atoms with van der Waals surface area (Å²) in [5.41, 5.74) is 3.54. The van der Waals surface area contributed by atoms with Gasteiger partial charge >= 0.3 is 5.97 Å². The Morgan fingerprint density at radius 3 is 2.00 bits per heavy atom. The number of benzene rings is 3. The number of hydrogen-bond acceptors (Lipinski definition) is 4. The van der Waals surface area contributed by atoms with Gasteiger partial charge in [0.25, 0.3) is 6.43 Å². The fraction of sp³-hybridized carbons (Fsp3) is 0.167. The molecule has 0 aliphatic heterocycles. The predicted octanol–water partition coefficient (Wildman–Crippen LogP) is 7.62. The van der Waals surface area contributed by atoms with E-state index >= 15 is 0 Å². The third kappa shape index (κ3) is 6.70. The number of aryl methyl sites for hydroxylation is 1. The molecule has 0 unspecified atom stereocenters. The smallest absolute Gasteiger partial charge is 0.343 e. The maximum absolute atomic E-state index is 14.3. The standard InChI is InChI=1S/C30H24F4N2O2/c1-2-4-19-17-35-29(36-18-19)22-11-7-20(8-12-22)21-9-13-23(14-10-21)30(37)38-24-15-26(31)25(27(32)16-24)5-3-6-28(33)34/h3,6-18,28H,2,4-5H2,1H3/b6-3+. The summed E-state index contributed by atoms with van der Waals surface area (Å²) in [7, 11) is 0. The monoisotopic (exact) mass is 520 g/mol. The van der Waals surface area contributed by atoms with Crippen molar-refractivity contribution in [1.82, 2.24) is 9.97 Å². The minimum absolute atomic E-state index is 0.190. The first kappa shape index (κ1) is 26.7. The topological polar surface area (TPSA) is 52.1 Å². The number of esters is 1. The number of ether oxygens (including phenoxy) is 1. The summed E-state index contributed by atoms with van der Waals surface area (Å²) in [6, 6.07) is 16.0. The Morgan fingerprint density at radius 1 is 0.895 bits per heavy atom. The zero-order valence-electron chi connectivity index (χ0n) is 20.5. The van der Waals surface area contributed by atoms with E-state index < -0.39 is 29.6 Å². The first-order valence-corrected chi connectivity index (χ1v) is 12.0. The Bertz CT molecular complexity index is 1400. The molecular weight excluding hydrogens is 496 g/mol. The lowest BCUT2D eigenvalue weighted by atomic mass is 10.0. The maximum atomic E-state index is 14.3. The lowest BCUT2D eigenvalue weighted by Crippen LogP contribution is -2.09. The molecule has 0 N–H and O–H groups in total. The van der Waals surface area contributed by atoms with Crippen LogP contribution >= 0.6 is 0 Å². The number of aromatic nitrogens is 2. The highest BCUT2D eigenvalue weighted by Gasteiger charge is 2.15. The van der Waals surface area contributed by atoms with Gasteiger partial charge in [0.1, 0.15) is 17.4 Å². The minimum atomic E-state index is -2.71. The van der Waals surface area contributed by atoms with E-state index in [2.05, 4.69) is 16.9 Å². The third-order valence-corrected chi connectivity index (χ3v) is 5.77. The van der Waals surface area contributed by atoms with E-state index in [-0.39, 0.29) is 17.7 Å². The second-order valence-electron chi connectivity index (χ2n) is 8.54. The van der Waals surface area contributed by atoms with Gasteiger partial charge in [-0.05, 0) is 47.7 Å². The first-order chi connectivity index (χ1) is 18.3. The van der Waals surface area contributed by atoms with Gasteiger partial charge in [0.2, 0.25) is 0 Å². The molecule has 1 heterocycles. The fourth-order valence-corrected chi connectivity index (χ4v) is 3.82. The Morgan fingerprint density at radius 2 is 1.45 bits per heavy atom. The Hall–Kier alpha value is -4.33. The quantitative estimate of drug-likeness (QED) is 0.0986. The fourth-order valence-electron chi connectivity index (χ4n) is 3.82. The van der Waals surface area contributed by atoms with Crippen molar-refractivity contribution >= 4 is 5.97 Å². The van der Waals surface area contributed by atoms with Crippen LogP contribution in [0.5, 0.6) is 5.75 Å². The summed E-state index contributed by atoms with van der Waals surface area (Å²) in [6.45, 7) is 2.10. The lowest BCUT2D eigenvalue weighted by Gasteiger charge is -2.09. The van der Waals surface area contributed by atoms with E-state index in [1.54, 1.807) is 24.3 Å². The van der Waals surface area contributed by atoms with Crippen LogP contribution in [0, 0.1) is 11.6 Å².